The molecule has 23 heavy (non-hydrogen) atoms. The topological polar surface area (TPSA) is 106 Å². The summed E-state index contributed by atoms with van der Waals surface area (Å²) in [4.78, 5) is 26.5. The van der Waals surface area contributed by atoms with Gasteiger partial charge >= 0.3 is 0 Å². The molecule has 0 spiro atoms. The third-order valence-electron chi connectivity index (χ3n) is 2.98. The van der Waals surface area contributed by atoms with Gasteiger partial charge in [0.2, 0.25) is 23.5 Å². The Labute approximate surface area is 133 Å². The summed E-state index contributed by atoms with van der Waals surface area (Å²) in [6, 6.07) is 7.24. The van der Waals surface area contributed by atoms with E-state index in [1.54, 1.807) is 19.2 Å². The van der Waals surface area contributed by atoms with Gasteiger partial charge in [0.15, 0.2) is 0 Å². The van der Waals surface area contributed by atoms with Gasteiger partial charge in [0.25, 0.3) is 0 Å². The van der Waals surface area contributed by atoms with Crippen molar-refractivity contribution in [1.29, 1.82) is 0 Å². The zero-order chi connectivity index (χ0) is 16.7. The van der Waals surface area contributed by atoms with Gasteiger partial charge in [0, 0.05) is 25.5 Å². The Morgan fingerprint density at radius 3 is 2.61 bits per heavy atom. The fourth-order valence-electron chi connectivity index (χ4n) is 1.80. The van der Waals surface area contributed by atoms with E-state index in [4.69, 9.17) is 9.26 Å². The number of hydrogen-bond donors (Lipinski definition) is 2. The number of carbonyl (C=O) groups is 2. The normalized spacial score (nSPS) is 10.2. The van der Waals surface area contributed by atoms with Crippen LogP contribution < -0.4 is 15.4 Å². The van der Waals surface area contributed by atoms with Crippen LogP contribution in [-0.2, 0) is 16.1 Å². The number of nitrogens with one attached hydrogen (secondary N) is 2. The molecular formula is C15H18N4O4. The standard InChI is InChI=1S/C15H18N4O4/c1-10(20)16-8-7-13(21)17-9-14-18-15(19-23-14)11-3-5-12(22-2)6-4-11/h3-6H,7-9H2,1-2H3,(H,16,20)(H,17,21). The van der Waals surface area contributed by atoms with Gasteiger partial charge in [-0.15, -0.1) is 0 Å². The summed E-state index contributed by atoms with van der Waals surface area (Å²) in [5.74, 6) is 1.12. The molecule has 0 saturated carbocycles. The lowest BCUT2D eigenvalue weighted by molar-refractivity contribution is -0.121. The van der Waals surface area contributed by atoms with Crippen molar-refractivity contribution in [3.8, 4) is 17.1 Å². The van der Waals surface area contributed by atoms with Gasteiger partial charge in [-0.2, -0.15) is 4.98 Å². The molecule has 122 valence electrons. The number of rotatable bonds is 7. The van der Waals surface area contributed by atoms with Crippen molar-refractivity contribution < 1.29 is 18.8 Å². The van der Waals surface area contributed by atoms with Crippen molar-refractivity contribution in [1.82, 2.24) is 20.8 Å². The molecular weight excluding hydrogens is 300 g/mol. The largest absolute Gasteiger partial charge is 0.497 e. The Balaban J connectivity index is 1.84. The zero-order valence-corrected chi connectivity index (χ0v) is 13.0. The lowest BCUT2D eigenvalue weighted by Crippen LogP contribution is -2.29. The number of benzene rings is 1. The van der Waals surface area contributed by atoms with E-state index in [1.165, 1.54) is 6.92 Å². The van der Waals surface area contributed by atoms with Gasteiger partial charge in [0.1, 0.15) is 5.75 Å². The summed E-state index contributed by atoms with van der Waals surface area (Å²) in [7, 11) is 1.59. The molecule has 2 N–H and O–H groups in total. The number of hydrogen-bond acceptors (Lipinski definition) is 6. The van der Waals surface area contributed by atoms with Crippen molar-refractivity contribution in [2.24, 2.45) is 0 Å². The van der Waals surface area contributed by atoms with Crippen LogP contribution >= 0.6 is 0 Å². The van der Waals surface area contributed by atoms with Crippen LogP contribution in [0.15, 0.2) is 28.8 Å². The highest BCUT2D eigenvalue weighted by atomic mass is 16.5. The molecule has 1 heterocycles. The summed E-state index contributed by atoms with van der Waals surface area (Å²) in [6.45, 7) is 1.83. The average molecular weight is 318 g/mol. The second-order valence-corrected chi connectivity index (χ2v) is 4.75. The summed E-state index contributed by atoms with van der Waals surface area (Å²) in [5, 5.41) is 9.07. The minimum absolute atomic E-state index is 0.141. The number of ether oxygens (including phenoxy) is 1. The van der Waals surface area contributed by atoms with Crippen LogP contribution in [0.5, 0.6) is 5.75 Å². The van der Waals surface area contributed by atoms with Crippen molar-refractivity contribution >= 4 is 11.8 Å². The minimum Gasteiger partial charge on any atom is -0.497 e. The number of aromatic nitrogens is 2. The van der Waals surface area contributed by atoms with E-state index in [9.17, 15) is 9.59 Å². The van der Waals surface area contributed by atoms with Crippen molar-refractivity contribution in [3.63, 3.8) is 0 Å². The average Bonchev–Trinajstić information content (AvgIpc) is 3.01. The SMILES string of the molecule is COc1ccc(-c2noc(CNC(=O)CCNC(C)=O)n2)cc1. The quantitative estimate of drug-likeness (QED) is 0.785. The predicted octanol–water partition coefficient (Wildman–Crippen LogP) is 0.888. The van der Waals surface area contributed by atoms with Crippen LogP contribution in [0.4, 0.5) is 0 Å². The lowest BCUT2D eigenvalue weighted by atomic mass is 10.2. The Morgan fingerprint density at radius 1 is 1.22 bits per heavy atom. The predicted molar refractivity (Wildman–Crippen MR) is 81.4 cm³/mol. The molecule has 1 aromatic heterocycles. The van der Waals surface area contributed by atoms with E-state index in [2.05, 4.69) is 20.8 Å². The summed E-state index contributed by atoms with van der Waals surface area (Å²) in [5.41, 5.74) is 0.790. The molecule has 0 radical (unpaired) electrons. The van der Waals surface area contributed by atoms with Crippen LogP contribution in [-0.4, -0.2) is 35.6 Å². The molecule has 1 aromatic carbocycles. The van der Waals surface area contributed by atoms with E-state index in [0.717, 1.165) is 11.3 Å². The van der Waals surface area contributed by atoms with E-state index in [-0.39, 0.29) is 24.8 Å². The molecule has 0 unspecified atom stereocenters. The first-order valence-corrected chi connectivity index (χ1v) is 7.06. The van der Waals surface area contributed by atoms with Gasteiger partial charge in [0.05, 0.1) is 13.7 Å². The van der Waals surface area contributed by atoms with Gasteiger partial charge < -0.3 is 19.9 Å². The highest BCUT2D eigenvalue weighted by molar-refractivity contribution is 5.77. The Bertz CT molecular complexity index is 666. The maximum absolute atomic E-state index is 11.6. The monoisotopic (exact) mass is 318 g/mol. The Morgan fingerprint density at radius 2 is 1.96 bits per heavy atom. The highest BCUT2D eigenvalue weighted by Gasteiger charge is 2.10. The first kappa shape index (κ1) is 16.5. The van der Waals surface area contributed by atoms with Crippen LogP contribution in [0.1, 0.15) is 19.2 Å². The molecule has 0 aliphatic heterocycles. The summed E-state index contributed by atoms with van der Waals surface area (Å²) >= 11 is 0. The van der Waals surface area contributed by atoms with Crippen molar-refractivity contribution in [2.75, 3.05) is 13.7 Å². The highest BCUT2D eigenvalue weighted by Crippen LogP contribution is 2.19. The van der Waals surface area contributed by atoms with E-state index in [0.29, 0.717) is 18.3 Å². The fourth-order valence-corrected chi connectivity index (χ4v) is 1.80. The first-order valence-electron chi connectivity index (χ1n) is 7.06. The van der Waals surface area contributed by atoms with Gasteiger partial charge in [-0.05, 0) is 24.3 Å². The van der Waals surface area contributed by atoms with Crippen molar-refractivity contribution in [2.45, 2.75) is 19.9 Å². The molecule has 0 aliphatic rings. The van der Waals surface area contributed by atoms with Gasteiger partial charge in [-0.25, -0.2) is 0 Å². The maximum Gasteiger partial charge on any atom is 0.246 e. The smallest absolute Gasteiger partial charge is 0.246 e. The molecule has 2 amide bonds. The van der Waals surface area contributed by atoms with Crippen LogP contribution in [0.25, 0.3) is 11.4 Å². The molecule has 0 bridgehead atoms. The summed E-state index contributed by atoms with van der Waals surface area (Å²) < 4.78 is 10.2. The van der Waals surface area contributed by atoms with E-state index >= 15 is 0 Å². The molecule has 8 heteroatoms. The Kier molecular flexibility index (Phi) is 5.67. The number of nitrogens with zero attached hydrogens (tertiary/aromatic N) is 2. The molecule has 0 aliphatic carbocycles. The molecule has 0 fully saturated rings. The van der Waals surface area contributed by atoms with E-state index < -0.39 is 0 Å². The third kappa shape index (κ3) is 5.10. The molecule has 0 saturated heterocycles. The van der Waals surface area contributed by atoms with Crippen molar-refractivity contribution in [3.05, 3.63) is 30.2 Å². The zero-order valence-electron chi connectivity index (χ0n) is 13.0. The number of amides is 2. The van der Waals surface area contributed by atoms with Gasteiger partial charge in [-0.3, -0.25) is 9.59 Å². The van der Waals surface area contributed by atoms with Crippen LogP contribution in [0, 0.1) is 0 Å². The minimum atomic E-state index is -0.206. The van der Waals surface area contributed by atoms with Gasteiger partial charge in [-0.1, -0.05) is 5.16 Å². The molecule has 2 rings (SSSR count). The van der Waals surface area contributed by atoms with Crippen LogP contribution in [0.2, 0.25) is 0 Å². The number of methoxy groups -OCH3 is 1. The number of carbonyl (C=O) groups excluding carboxylic acids is 2. The molecule has 0 atom stereocenters. The summed E-state index contributed by atoms with van der Waals surface area (Å²) in [6.07, 6.45) is 0.194. The molecule has 2 aromatic rings. The fraction of sp³-hybridized carbons (Fsp3) is 0.333. The second kappa shape index (κ2) is 7.92. The second-order valence-electron chi connectivity index (χ2n) is 4.75. The Hall–Kier alpha value is -2.90. The molecule has 8 nitrogen and oxygen atoms in total. The third-order valence-corrected chi connectivity index (χ3v) is 2.98. The van der Waals surface area contributed by atoms with E-state index in [1.807, 2.05) is 12.1 Å². The lowest BCUT2D eigenvalue weighted by Gasteiger charge is -2.02. The van der Waals surface area contributed by atoms with Crippen LogP contribution in [0.3, 0.4) is 0 Å². The first-order chi connectivity index (χ1) is 11.1. The maximum atomic E-state index is 11.6.